The molecule has 1 fully saturated rings. The zero-order valence-electron chi connectivity index (χ0n) is 23.0. The number of anilines is 2. The predicted molar refractivity (Wildman–Crippen MR) is 154 cm³/mol. The number of aromatic nitrogens is 1. The number of carbonyl (C=O) groups excluding carboxylic acids is 4. The van der Waals surface area contributed by atoms with Crippen LogP contribution in [0.1, 0.15) is 30.1 Å². The van der Waals surface area contributed by atoms with Gasteiger partial charge in [0.05, 0.1) is 11.1 Å². The fraction of sp³-hybridized carbons (Fsp3) is 0.194. The fourth-order valence-electron chi connectivity index (χ4n) is 4.34. The minimum absolute atomic E-state index is 0.00276. The zero-order chi connectivity index (χ0) is 30.6. The van der Waals surface area contributed by atoms with E-state index in [1.807, 2.05) is 0 Å². The minimum atomic E-state index is -1.19. The Bertz CT molecular complexity index is 1700. The molecule has 43 heavy (non-hydrogen) atoms. The standard InChI is InChI=1S/C31H27FN4O7/c1-18(37)41-14-15-42-27-17-25-23(16-24(27)28(33)38)26(10-13-34-25)43-22-8-6-21(7-9-22)36-30(40)31(11-12-31)29(39)35-20-4-2-19(32)3-5-20/h2-10,13,16-17H,11-12,14-15H2,1H3,(H2,33,38)(H,35,39)(H,36,40). The molecule has 0 bridgehead atoms. The summed E-state index contributed by atoms with van der Waals surface area (Å²) in [4.78, 5) is 53.2. The van der Waals surface area contributed by atoms with Gasteiger partial charge in [0, 0.05) is 35.9 Å². The summed E-state index contributed by atoms with van der Waals surface area (Å²) >= 11 is 0. The molecule has 3 aromatic carbocycles. The van der Waals surface area contributed by atoms with Gasteiger partial charge < -0.3 is 30.6 Å². The van der Waals surface area contributed by atoms with E-state index in [9.17, 15) is 23.6 Å². The van der Waals surface area contributed by atoms with Crippen LogP contribution < -0.4 is 25.8 Å². The number of nitrogens with one attached hydrogen (secondary N) is 2. The number of esters is 1. The first-order valence-electron chi connectivity index (χ1n) is 13.3. The molecule has 12 heteroatoms. The maximum absolute atomic E-state index is 13.2. The predicted octanol–water partition coefficient (Wildman–Crippen LogP) is 4.56. The van der Waals surface area contributed by atoms with Crippen molar-refractivity contribution in [2.75, 3.05) is 23.8 Å². The van der Waals surface area contributed by atoms with Crippen molar-refractivity contribution in [3.05, 3.63) is 84.3 Å². The smallest absolute Gasteiger partial charge is 0.302 e. The fourth-order valence-corrected chi connectivity index (χ4v) is 4.34. The Balaban J connectivity index is 1.26. The molecule has 4 aromatic rings. The third-order valence-electron chi connectivity index (χ3n) is 6.78. The summed E-state index contributed by atoms with van der Waals surface area (Å²) < 4.78 is 29.7. The van der Waals surface area contributed by atoms with Gasteiger partial charge in [0.1, 0.15) is 41.7 Å². The average Bonchev–Trinajstić information content (AvgIpc) is 3.80. The molecule has 1 aromatic heterocycles. The highest BCUT2D eigenvalue weighted by atomic mass is 19.1. The van der Waals surface area contributed by atoms with Crippen molar-refractivity contribution in [1.82, 2.24) is 4.98 Å². The van der Waals surface area contributed by atoms with Crippen LogP contribution in [0.25, 0.3) is 10.9 Å². The highest BCUT2D eigenvalue weighted by Crippen LogP contribution is 2.47. The second-order valence-electron chi connectivity index (χ2n) is 9.85. The molecule has 4 N–H and O–H groups in total. The van der Waals surface area contributed by atoms with Crippen molar-refractivity contribution in [3.63, 3.8) is 0 Å². The highest BCUT2D eigenvalue weighted by molar-refractivity contribution is 6.17. The van der Waals surface area contributed by atoms with Crippen molar-refractivity contribution >= 4 is 46.0 Å². The summed E-state index contributed by atoms with van der Waals surface area (Å²) in [5.74, 6) is -1.47. The number of hydrogen-bond donors (Lipinski definition) is 3. The SMILES string of the molecule is CC(=O)OCCOc1cc2nccc(Oc3ccc(NC(=O)C4(C(=O)Nc5ccc(F)cc5)CC4)cc3)c2cc1C(N)=O. The monoisotopic (exact) mass is 586 g/mol. The van der Waals surface area contributed by atoms with Gasteiger partial charge in [-0.25, -0.2) is 4.39 Å². The van der Waals surface area contributed by atoms with Crippen molar-refractivity contribution in [1.29, 1.82) is 0 Å². The number of benzene rings is 3. The summed E-state index contributed by atoms with van der Waals surface area (Å²) in [6.07, 6.45) is 2.33. The topological polar surface area (TPSA) is 159 Å². The molecule has 11 nitrogen and oxygen atoms in total. The molecule has 1 aliphatic rings. The Hall–Kier alpha value is -5.52. The van der Waals surface area contributed by atoms with E-state index in [0.29, 0.717) is 46.6 Å². The number of primary amides is 1. The number of rotatable bonds is 11. The Morgan fingerprint density at radius 1 is 0.884 bits per heavy atom. The molecule has 1 aliphatic carbocycles. The number of carbonyl (C=O) groups is 4. The van der Waals surface area contributed by atoms with Gasteiger partial charge in [0.25, 0.3) is 5.91 Å². The number of nitrogens with two attached hydrogens (primary N) is 1. The number of nitrogens with zero attached hydrogens (tertiary/aromatic N) is 1. The van der Waals surface area contributed by atoms with E-state index in [4.69, 9.17) is 19.9 Å². The normalized spacial score (nSPS) is 13.1. The van der Waals surface area contributed by atoms with Crippen LogP contribution in [0.4, 0.5) is 15.8 Å². The molecule has 0 radical (unpaired) electrons. The number of fused-ring (bicyclic) bond motifs is 1. The Morgan fingerprint density at radius 2 is 1.51 bits per heavy atom. The largest absolute Gasteiger partial charge is 0.489 e. The lowest BCUT2D eigenvalue weighted by molar-refractivity contribution is -0.141. The molecule has 0 unspecified atom stereocenters. The van der Waals surface area contributed by atoms with E-state index in [0.717, 1.165) is 0 Å². The maximum atomic E-state index is 13.2. The van der Waals surface area contributed by atoms with Gasteiger partial charge in [0.15, 0.2) is 0 Å². The lowest BCUT2D eigenvalue weighted by Gasteiger charge is -2.16. The van der Waals surface area contributed by atoms with E-state index >= 15 is 0 Å². The second kappa shape index (κ2) is 12.1. The first kappa shape index (κ1) is 29.0. The molecule has 0 spiro atoms. The highest BCUT2D eigenvalue weighted by Gasteiger charge is 2.56. The van der Waals surface area contributed by atoms with Gasteiger partial charge >= 0.3 is 5.97 Å². The Morgan fingerprint density at radius 3 is 2.09 bits per heavy atom. The molecule has 5 rings (SSSR count). The zero-order valence-corrected chi connectivity index (χ0v) is 23.0. The van der Waals surface area contributed by atoms with E-state index < -0.39 is 34.9 Å². The molecule has 220 valence electrons. The lowest BCUT2D eigenvalue weighted by atomic mass is 10.0. The molecular formula is C31H27FN4O7. The number of amides is 3. The molecule has 0 atom stereocenters. The molecule has 1 saturated carbocycles. The van der Waals surface area contributed by atoms with Crippen LogP contribution in [0.5, 0.6) is 17.2 Å². The summed E-state index contributed by atoms with van der Waals surface area (Å²) in [6, 6.07) is 16.6. The van der Waals surface area contributed by atoms with Crippen LogP contribution in [0.3, 0.4) is 0 Å². The summed E-state index contributed by atoms with van der Waals surface area (Å²) in [6.45, 7) is 1.30. The average molecular weight is 587 g/mol. The second-order valence-corrected chi connectivity index (χ2v) is 9.85. The van der Waals surface area contributed by atoms with Gasteiger partial charge in [-0.3, -0.25) is 24.2 Å². The van der Waals surface area contributed by atoms with E-state index in [1.54, 1.807) is 36.4 Å². The molecular weight excluding hydrogens is 559 g/mol. The van der Waals surface area contributed by atoms with Crippen molar-refractivity contribution in [2.45, 2.75) is 19.8 Å². The van der Waals surface area contributed by atoms with Gasteiger partial charge in [-0.2, -0.15) is 0 Å². The summed E-state index contributed by atoms with van der Waals surface area (Å²) in [5.41, 5.74) is 5.82. The Labute approximate surface area is 245 Å². The van der Waals surface area contributed by atoms with Gasteiger partial charge in [0.2, 0.25) is 11.8 Å². The number of hydrogen-bond acceptors (Lipinski definition) is 8. The number of halogens is 1. The van der Waals surface area contributed by atoms with Crippen LogP contribution in [-0.2, 0) is 19.1 Å². The van der Waals surface area contributed by atoms with Gasteiger partial charge in [-0.05, 0) is 73.5 Å². The molecule has 1 heterocycles. The third-order valence-corrected chi connectivity index (χ3v) is 6.78. The minimum Gasteiger partial charge on any atom is -0.489 e. The number of ether oxygens (including phenoxy) is 3. The van der Waals surface area contributed by atoms with Crippen LogP contribution >= 0.6 is 0 Å². The lowest BCUT2D eigenvalue weighted by Crippen LogP contribution is -2.35. The van der Waals surface area contributed by atoms with Crippen LogP contribution in [0, 0.1) is 11.2 Å². The van der Waals surface area contributed by atoms with Crippen LogP contribution in [-0.4, -0.2) is 41.9 Å². The van der Waals surface area contributed by atoms with E-state index in [-0.39, 0.29) is 24.5 Å². The quantitative estimate of drug-likeness (QED) is 0.131. The first-order valence-corrected chi connectivity index (χ1v) is 13.3. The van der Waals surface area contributed by atoms with Crippen LogP contribution in [0.2, 0.25) is 0 Å². The van der Waals surface area contributed by atoms with Crippen molar-refractivity contribution in [3.8, 4) is 17.2 Å². The van der Waals surface area contributed by atoms with E-state index in [1.165, 1.54) is 43.5 Å². The summed E-state index contributed by atoms with van der Waals surface area (Å²) in [5, 5.41) is 5.95. The molecule has 0 aliphatic heterocycles. The maximum Gasteiger partial charge on any atom is 0.302 e. The van der Waals surface area contributed by atoms with Crippen LogP contribution in [0.15, 0.2) is 72.9 Å². The van der Waals surface area contributed by atoms with Crippen molar-refractivity contribution < 1.29 is 37.8 Å². The van der Waals surface area contributed by atoms with Gasteiger partial charge in [-0.15, -0.1) is 0 Å². The van der Waals surface area contributed by atoms with Gasteiger partial charge in [-0.1, -0.05) is 0 Å². The third kappa shape index (κ3) is 6.70. The molecule has 0 saturated heterocycles. The molecule has 3 amide bonds. The van der Waals surface area contributed by atoms with Crippen molar-refractivity contribution in [2.24, 2.45) is 11.1 Å². The number of pyridine rings is 1. The Kier molecular flexibility index (Phi) is 8.19. The first-order chi connectivity index (χ1) is 20.6. The summed E-state index contributed by atoms with van der Waals surface area (Å²) in [7, 11) is 0. The van der Waals surface area contributed by atoms with E-state index in [2.05, 4.69) is 15.6 Å².